The van der Waals surface area contributed by atoms with E-state index < -0.39 is 11.5 Å². The molecule has 0 atom stereocenters. The highest BCUT2D eigenvalue weighted by atomic mass is 16.3. The van der Waals surface area contributed by atoms with Crippen LogP contribution in [-0.2, 0) is 6.54 Å². The molecule has 3 N–H and O–H groups in total. The van der Waals surface area contributed by atoms with Gasteiger partial charge in [0.25, 0.3) is 11.5 Å². The fraction of sp³-hybridized carbons (Fsp3) is 0.182. The van der Waals surface area contributed by atoms with Gasteiger partial charge in [-0.15, -0.1) is 0 Å². The van der Waals surface area contributed by atoms with E-state index in [4.69, 9.17) is 4.42 Å². The molecule has 9 heteroatoms. The van der Waals surface area contributed by atoms with E-state index >= 15 is 0 Å². The molecule has 1 amide bonds. The lowest BCUT2D eigenvalue weighted by Crippen LogP contribution is -2.25. The molecule has 20 heavy (non-hydrogen) atoms. The molecular formula is C11H10N6O3. The summed E-state index contributed by atoms with van der Waals surface area (Å²) in [5, 5.41) is 9.07. The fourth-order valence-corrected chi connectivity index (χ4v) is 1.90. The van der Waals surface area contributed by atoms with Crippen LogP contribution in [0.5, 0.6) is 0 Å². The van der Waals surface area contributed by atoms with E-state index in [0.29, 0.717) is 11.6 Å². The minimum Gasteiger partial charge on any atom is -0.442 e. The Morgan fingerprint density at radius 3 is 3.05 bits per heavy atom. The number of rotatable bonds is 3. The van der Waals surface area contributed by atoms with Gasteiger partial charge in [0, 0.05) is 0 Å². The summed E-state index contributed by atoms with van der Waals surface area (Å²) in [5.74, 6) is 0.409. The van der Waals surface area contributed by atoms with Crippen molar-refractivity contribution in [2.24, 2.45) is 0 Å². The van der Waals surface area contributed by atoms with Crippen molar-refractivity contribution in [3.05, 3.63) is 40.2 Å². The highest BCUT2D eigenvalue weighted by Crippen LogP contribution is 2.20. The summed E-state index contributed by atoms with van der Waals surface area (Å²) >= 11 is 0. The average Bonchev–Trinajstić information content (AvgIpc) is 3.03. The van der Waals surface area contributed by atoms with Crippen LogP contribution in [0.4, 0.5) is 0 Å². The molecule has 0 aliphatic carbocycles. The summed E-state index contributed by atoms with van der Waals surface area (Å²) in [6.07, 6.45) is 2.57. The Bertz CT molecular complexity index is 816. The molecule has 0 unspecified atom stereocenters. The van der Waals surface area contributed by atoms with Gasteiger partial charge in [0.15, 0.2) is 0 Å². The molecule has 9 nitrogen and oxygen atoms in total. The van der Waals surface area contributed by atoms with Gasteiger partial charge >= 0.3 is 0 Å². The van der Waals surface area contributed by atoms with Gasteiger partial charge in [-0.1, -0.05) is 0 Å². The number of carbonyl (C=O) groups is 1. The predicted molar refractivity (Wildman–Crippen MR) is 66.9 cm³/mol. The maximum atomic E-state index is 12.2. The Kier molecular flexibility index (Phi) is 2.78. The van der Waals surface area contributed by atoms with Crippen molar-refractivity contribution in [2.45, 2.75) is 13.5 Å². The molecule has 3 rings (SSSR count). The van der Waals surface area contributed by atoms with Crippen LogP contribution >= 0.6 is 0 Å². The standard InChI is InChI=1S/C11H10N6O3/c1-5-7(8-10(19)14-3-15-11(8)20-5)9(18)12-2-6-13-4-16-17-6/h3-4H,2H2,1H3,(H,12,18)(H,13,16,17)(H,14,15,19). The Morgan fingerprint density at radius 2 is 2.30 bits per heavy atom. The number of furan rings is 1. The number of aromatic amines is 2. The van der Waals surface area contributed by atoms with Gasteiger partial charge in [-0.3, -0.25) is 14.7 Å². The zero-order valence-electron chi connectivity index (χ0n) is 10.4. The SMILES string of the molecule is Cc1oc2nc[nH]c(=O)c2c1C(=O)NCc1ncn[nH]1. The van der Waals surface area contributed by atoms with E-state index in [1.165, 1.54) is 12.7 Å². The van der Waals surface area contributed by atoms with Crippen LogP contribution in [0.3, 0.4) is 0 Å². The second-order valence-electron chi connectivity index (χ2n) is 4.06. The zero-order chi connectivity index (χ0) is 14.1. The minimum atomic E-state index is -0.434. The van der Waals surface area contributed by atoms with E-state index in [0.717, 1.165) is 0 Å². The number of nitrogens with zero attached hydrogens (tertiary/aromatic N) is 3. The van der Waals surface area contributed by atoms with Gasteiger partial charge in [0.2, 0.25) is 5.71 Å². The number of hydrogen-bond acceptors (Lipinski definition) is 6. The molecule has 0 saturated heterocycles. The lowest BCUT2D eigenvalue weighted by molar-refractivity contribution is 0.0950. The van der Waals surface area contributed by atoms with E-state index in [-0.39, 0.29) is 23.2 Å². The maximum absolute atomic E-state index is 12.2. The summed E-state index contributed by atoms with van der Waals surface area (Å²) in [6, 6.07) is 0. The van der Waals surface area contributed by atoms with Crippen LogP contribution in [0.15, 0.2) is 21.9 Å². The van der Waals surface area contributed by atoms with Crippen molar-refractivity contribution in [1.82, 2.24) is 30.5 Å². The van der Waals surface area contributed by atoms with Gasteiger partial charge in [-0.05, 0) is 6.92 Å². The first-order valence-electron chi connectivity index (χ1n) is 5.76. The van der Waals surface area contributed by atoms with E-state index in [2.05, 4.69) is 30.5 Å². The largest absolute Gasteiger partial charge is 0.442 e. The second kappa shape index (κ2) is 4.61. The predicted octanol–water partition coefficient (Wildman–Crippen LogP) is -0.127. The van der Waals surface area contributed by atoms with Crippen molar-refractivity contribution in [1.29, 1.82) is 0 Å². The van der Waals surface area contributed by atoms with Crippen molar-refractivity contribution < 1.29 is 9.21 Å². The third kappa shape index (κ3) is 1.94. The summed E-state index contributed by atoms with van der Waals surface area (Å²) in [4.78, 5) is 34.1. The van der Waals surface area contributed by atoms with Gasteiger partial charge in [0.1, 0.15) is 23.3 Å². The van der Waals surface area contributed by atoms with Gasteiger partial charge in [0.05, 0.1) is 18.4 Å². The number of H-pyrrole nitrogens is 2. The molecule has 102 valence electrons. The molecule has 0 aromatic carbocycles. The summed E-state index contributed by atoms with van der Waals surface area (Å²) in [5.41, 5.74) is -0.110. The zero-order valence-corrected chi connectivity index (χ0v) is 10.4. The van der Waals surface area contributed by atoms with Crippen LogP contribution in [0.25, 0.3) is 11.1 Å². The molecular weight excluding hydrogens is 264 g/mol. The Morgan fingerprint density at radius 1 is 1.45 bits per heavy atom. The van der Waals surface area contributed by atoms with Crippen LogP contribution in [0.1, 0.15) is 21.9 Å². The summed E-state index contributed by atoms with van der Waals surface area (Å²) in [7, 11) is 0. The quantitative estimate of drug-likeness (QED) is 0.610. The van der Waals surface area contributed by atoms with E-state index in [9.17, 15) is 9.59 Å². The smallest absolute Gasteiger partial charge is 0.262 e. The monoisotopic (exact) mass is 274 g/mol. The number of nitrogens with one attached hydrogen (secondary N) is 3. The number of aromatic nitrogens is 5. The third-order valence-corrected chi connectivity index (χ3v) is 2.78. The van der Waals surface area contributed by atoms with Gasteiger partial charge in [-0.2, -0.15) is 5.10 Å². The van der Waals surface area contributed by atoms with Crippen LogP contribution < -0.4 is 10.9 Å². The number of amides is 1. The van der Waals surface area contributed by atoms with Crippen molar-refractivity contribution in [2.75, 3.05) is 0 Å². The van der Waals surface area contributed by atoms with Crippen LogP contribution in [0, 0.1) is 6.92 Å². The lowest BCUT2D eigenvalue weighted by Gasteiger charge is -2.01. The topological polar surface area (TPSA) is 130 Å². The second-order valence-corrected chi connectivity index (χ2v) is 4.06. The minimum absolute atomic E-state index is 0.135. The molecule has 3 aromatic heterocycles. The molecule has 0 aliphatic heterocycles. The van der Waals surface area contributed by atoms with Crippen molar-refractivity contribution in [3.63, 3.8) is 0 Å². The average molecular weight is 274 g/mol. The van der Waals surface area contributed by atoms with Crippen molar-refractivity contribution >= 4 is 17.0 Å². The van der Waals surface area contributed by atoms with E-state index in [1.807, 2.05) is 0 Å². The Labute approximate surface area is 111 Å². The van der Waals surface area contributed by atoms with Gasteiger partial charge < -0.3 is 14.7 Å². The fourth-order valence-electron chi connectivity index (χ4n) is 1.90. The first-order chi connectivity index (χ1) is 9.66. The molecule has 0 bridgehead atoms. The molecule has 0 radical (unpaired) electrons. The van der Waals surface area contributed by atoms with E-state index in [1.54, 1.807) is 6.92 Å². The first-order valence-corrected chi connectivity index (χ1v) is 5.76. The maximum Gasteiger partial charge on any atom is 0.262 e. The first kappa shape index (κ1) is 12.1. The normalized spacial score (nSPS) is 10.8. The molecule has 3 aromatic rings. The van der Waals surface area contributed by atoms with Crippen molar-refractivity contribution in [3.8, 4) is 0 Å². The summed E-state index contributed by atoms with van der Waals surface area (Å²) < 4.78 is 5.31. The summed E-state index contributed by atoms with van der Waals surface area (Å²) in [6.45, 7) is 1.77. The molecule has 0 fully saturated rings. The highest BCUT2D eigenvalue weighted by Gasteiger charge is 2.21. The third-order valence-electron chi connectivity index (χ3n) is 2.78. The lowest BCUT2D eigenvalue weighted by atomic mass is 10.2. The molecule has 0 saturated carbocycles. The Balaban J connectivity index is 1.95. The highest BCUT2D eigenvalue weighted by molar-refractivity contribution is 6.06. The van der Waals surface area contributed by atoms with Crippen LogP contribution in [-0.4, -0.2) is 31.1 Å². The number of aryl methyl sites for hydroxylation is 1. The molecule has 0 spiro atoms. The molecule has 3 heterocycles. The Hall–Kier alpha value is -2.97. The van der Waals surface area contributed by atoms with Gasteiger partial charge in [-0.25, -0.2) is 9.97 Å². The van der Waals surface area contributed by atoms with Crippen LogP contribution in [0.2, 0.25) is 0 Å². The number of fused-ring (bicyclic) bond motifs is 1. The number of hydrogen-bond donors (Lipinski definition) is 3. The molecule has 0 aliphatic rings. The number of carbonyl (C=O) groups excluding carboxylic acids is 1.